The van der Waals surface area contributed by atoms with Gasteiger partial charge in [0.05, 0.1) is 0 Å². The van der Waals surface area contributed by atoms with E-state index in [-0.39, 0.29) is 17.7 Å². The average Bonchev–Trinajstić information content (AvgIpc) is 2.54. The molecule has 0 heterocycles. The molecule has 25 heavy (non-hydrogen) atoms. The van der Waals surface area contributed by atoms with E-state index in [0.717, 1.165) is 11.1 Å². The molecule has 0 radical (unpaired) electrons. The summed E-state index contributed by atoms with van der Waals surface area (Å²) < 4.78 is 0. The number of benzene rings is 2. The Balaban J connectivity index is 2.09. The van der Waals surface area contributed by atoms with E-state index in [1.54, 1.807) is 12.1 Å². The third kappa shape index (κ3) is 5.18. The van der Waals surface area contributed by atoms with Gasteiger partial charge >= 0.3 is 5.97 Å². The van der Waals surface area contributed by atoms with Crippen molar-refractivity contribution < 1.29 is 14.7 Å². The molecule has 1 unspecified atom stereocenters. The van der Waals surface area contributed by atoms with Crippen LogP contribution in [0.2, 0.25) is 0 Å². The molecule has 2 rings (SSSR count). The second kappa shape index (κ2) is 7.51. The standard InChI is InChI=1S/C21H25NO3/c1-14-5-9-16(10-6-14)19(23)22-18(20(24)25)13-15-7-11-17(12-8-15)21(2,3)4/h5-12,18H,13H2,1-4H3,(H,22,23)(H,24,25). The van der Waals surface area contributed by atoms with E-state index >= 15 is 0 Å². The fraction of sp³-hybridized carbons (Fsp3) is 0.333. The van der Waals surface area contributed by atoms with Crippen molar-refractivity contribution in [2.24, 2.45) is 0 Å². The van der Waals surface area contributed by atoms with Crippen molar-refractivity contribution >= 4 is 11.9 Å². The van der Waals surface area contributed by atoms with Crippen molar-refractivity contribution in [3.05, 3.63) is 70.8 Å². The number of nitrogens with one attached hydrogen (secondary N) is 1. The number of hydrogen-bond acceptors (Lipinski definition) is 2. The van der Waals surface area contributed by atoms with Crippen LogP contribution in [0.5, 0.6) is 0 Å². The van der Waals surface area contributed by atoms with Gasteiger partial charge in [0.1, 0.15) is 6.04 Å². The predicted molar refractivity (Wildman–Crippen MR) is 98.9 cm³/mol. The second-order valence-electron chi connectivity index (χ2n) is 7.38. The van der Waals surface area contributed by atoms with Crippen LogP contribution in [0.15, 0.2) is 48.5 Å². The molecule has 1 atom stereocenters. The van der Waals surface area contributed by atoms with E-state index in [2.05, 4.69) is 26.1 Å². The molecule has 0 spiro atoms. The van der Waals surface area contributed by atoms with Crippen LogP contribution in [0.3, 0.4) is 0 Å². The lowest BCUT2D eigenvalue weighted by molar-refractivity contribution is -0.139. The molecule has 0 saturated heterocycles. The first-order valence-electron chi connectivity index (χ1n) is 8.36. The van der Waals surface area contributed by atoms with Crippen molar-refractivity contribution in [2.45, 2.75) is 45.6 Å². The van der Waals surface area contributed by atoms with Crippen LogP contribution in [0.25, 0.3) is 0 Å². The van der Waals surface area contributed by atoms with Gasteiger partial charge in [0.15, 0.2) is 0 Å². The Morgan fingerprint density at radius 3 is 2.04 bits per heavy atom. The van der Waals surface area contributed by atoms with Crippen LogP contribution in [-0.2, 0) is 16.6 Å². The monoisotopic (exact) mass is 339 g/mol. The van der Waals surface area contributed by atoms with Gasteiger partial charge in [0.25, 0.3) is 5.91 Å². The summed E-state index contributed by atoms with van der Waals surface area (Å²) in [5.74, 6) is -1.42. The zero-order valence-corrected chi connectivity index (χ0v) is 15.2. The Hall–Kier alpha value is -2.62. The number of carbonyl (C=O) groups excluding carboxylic acids is 1. The fourth-order valence-corrected chi connectivity index (χ4v) is 2.52. The van der Waals surface area contributed by atoms with Gasteiger partial charge in [-0.3, -0.25) is 4.79 Å². The zero-order chi connectivity index (χ0) is 18.6. The quantitative estimate of drug-likeness (QED) is 0.872. The van der Waals surface area contributed by atoms with Gasteiger partial charge in [0.2, 0.25) is 0 Å². The van der Waals surface area contributed by atoms with E-state index in [1.165, 1.54) is 5.56 Å². The third-order valence-electron chi connectivity index (χ3n) is 4.18. The molecule has 132 valence electrons. The first kappa shape index (κ1) is 18.7. The highest BCUT2D eigenvalue weighted by Crippen LogP contribution is 2.22. The third-order valence-corrected chi connectivity index (χ3v) is 4.18. The summed E-state index contributed by atoms with van der Waals surface area (Å²) in [4.78, 5) is 23.8. The molecule has 2 aromatic carbocycles. The van der Waals surface area contributed by atoms with Crippen molar-refractivity contribution in [3.8, 4) is 0 Å². The molecule has 0 saturated carbocycles. The van der Waals surface area contributed by atoms with Gasteiger partial charge in [-0.05, 0) is 35.6 Å². The average molecular weight is 339 g/mol. The summed E-state index contributed by atoms with van der Waals surface area (Å²) in [5, 5.41) is 12.1. The molecule has 2 aromatic rings. The summed E-state index contributed by atoms with van der Waals surface area (Å²) in [5.41, 5.74) is 3.62. The number of carboxylic acids is 1. The van der Waals surface area contributed by atoms with Crippen molar-refractivity contribution in [1.29, 1.82) is 0 Å². The first-order valence-corrected chi connectivity index (χ1v) is 8.36. The van der Waals surface area contributed by atoms with E-state index in [0.29, 0.717) is 5.56 Å². The number of amides is 1. The number of aliphatic carboxylic acids is 1. The van der Waals surface area contributed by atoms with Gasteiger partial charge < -0.3 is 10.4 Å². The summed E-state index contributed by atoms with van der Waals surface area (Å²) in [6.07, 6.45) is 0.247. The van der Waals surface area contributed by atoms with Gasteiger partial charge in [-0.15, -0.1) is 0 Å². The van der Waals surface area contributed by atoms with E-state index in [1.807, 2.05) is 43.3 Å². The highest BCUT2D eigenvalue weighted by atomic mass is 16.4. The maximum Gasteiger partial charge on any atom is 0.326 e. The van der Waals surface area contributed by atoms with Gasteiger partial charge in [-0.1, -0.05) is 62.7 Å². The Bertz CT molecular complexity index is 740. The number of hydrogen-bond donors (Lipinski definition) is 2. The van der Waals surface area contributed by atoms with Crippen LogP contribution >= 0.6 is 0 Å². The maximum atomic E-state index is 12.3. The molecule has 4 nitrogen and oxygen atoms in total. The topological polar surface area (TPSA) is 66.4 Å². The van der Waals surface area contributed by atoms with Crippen molar-refractivity contribution in [2.75, 3.05) is 0 Å². The normalized spacial score (nSPS) is 12.5. The minimum atomic E-state index is -1.04. The Kier molecular flexibility index (Phi) is 5.62. The molecule has 0 fully saturated rings. The Morgan fingerprint density at radius 1 is 1.00 bits per heavy atom. The SMILES string of the molecule is Cc1ccc(C(=O)NC(Cc2ccc(C(C)(C)C)cc2)C(=O)O)cc1. The summed E-state index contributed by atoms with van der Waals surface area (Å²) in [6, 6.07) is 14.0. The summed E-state index contributed by atoms with van der Waals surface area (Å²) >= 11 is 0. The molecule has 1 amide bonds. The molecule has 0 aliphatic rings. The van der Waals surface area contributed by atoms with E-state index in [9.17, 15) is 14.7 Å². The Morgan fingerprint density at radius 2 is 1.56 bits per heavy atom. The van der Waals surface area contributed by atoms with Crippen LogP contribution in [-0.4, -0.2) is 23.0 Å². The van der Waals surface area contributed by atoms with Crippen LogP contribution in [0.1, 0.15) is 47.8 Å². The number of carboxylic acid groups (broad SMARTS) is 1. The van der Waals surface area contributed by atoms with Crippen LogP contribution in [0, 0.1) is 6.92 Å². The first-order chi connectivity index (χ1) is 11.7. The zero-order valence-electron chi connectivity index (χ0n) is 15.2. The van der Waals surface area contributed by atoms with Crippen molar-refractivity contribution in [1.82, 2.24) is 5.32 Å². The second-order valence-corrected chi connectivity index (χ2v) is 7.38. The van der Waals surface area contributed by atoms with Gasteiger partial charge in [-0.2, -0.15) is 0 Å². The smallest absolute Gasteiger partial charge is 0.326 e. The summed E-state index contributed by atoms with van der Waals surface area (Å²) in [6.45, 7) is 8.32. The number of rotatable bonds is 5. The lowest BCUT2D eigenvalue weighted by atomic mass is 9.86. The predicted octanol–water partition coefficient (Wildman–Crippen LogP) is 3.72. The molecular weight excluding hydrogens is 314 g/mol. The molecule has 2 N–H and O–H groups in total. The van der Waals surface area contributed by atoms with Gasteiger partial charge in [-0.25, -0.2) is 4.79 Å². The van der Waals surface area contributed by atoms with Crippen molar-refractivity contribution in [3.63, 3.8) is 0 Å². The minimum Gasteiger partial charge on any atom is -0.480 e. The van der Waals surface area contributed by atoms with E-state index in [4.69, 9.17) is 0 Å². The van der Waals surface area contributed by atoms with Crippen LogP contribution < -0.4 is 5.32 Å². The maximum absolute atomic E-state index is 12.3. The highest BCUT2D eigenvalue weighted by Gasteiger charge is 2.21. The number of aryl methyl sites for hydroxylation is 1. The molecule has 0 aliphatic heterocycles. The highest BCUT2D eigenvalue weighted by molar-refractivity contribution is 5.96. The molecule has 0 aliphatic carbocycles. The Labute approximate surface area is 148 Å². The lowest BCUT2D eigenvalue weighted by Gasteiger charge is -2.20. The molecule has 0 aromatic heterocycles. The molecule has 4 heteroatoms. The minimum absolute atomic E-state index is 0.0460. The van der Waals surface area contributed by atoms with Crippen LogP contribution in [0.4, 0.5) is 0 Å². The largest absolute Gasteiger partial charge is 0.480 e. The lowest BCUT2D eigenvalue weighted by Crippen LogP contribution is -2.42. The van der Waals surface area contributed by atoms with E-state index < -0.39 is 12.0 Å². The molecule has 0 bridgehead atoms. The number of carbonyl (C=O) groups is 2. The fourth-order valence-electron chi connectivity index (χ4n) is 2.52. The molecular formula is C21H25NO3. The summed E-state index contributed by atoms with van der Waals surface area (Å²) in [7, 11) is 0. The van der Waals surface area contributed by atoms with Gasteiger partial charge in [0, 0.05) is 12.0 Å².